The van der Waals surface area contributed by atoms with Crippen LogP contribution >= 0.6 is 0 Å². The van der Waals surface area contributed by atoms with E-state index in [1.54, 1.807) is 11.7 Å². The molecule has 2 heterocycles. The molecule has 0 aliphatic carbocycles. The van der Waals surface area contributed by atoms with Crippen LogP contribution in [-0.4, -0.2) is 20.5 Å². The predicted octanol–water partition coefficient (Wildman–Crippen LogP) is 2.11. The van der Waals surface area contributed by atoms with E-state index in [2.05, 4.69) is 17.0 Å². The Morgan fingerprint density at radius 1 is 1.39 bits per heavy atom. The molecule has 18 heavy (non-hydrogen) atoms. The fourth-order valence-electron chi connectivity index (χ4n) is 1.90. The lowest BCUT2D eigenvalue weighted by Crippen LogP contribution is -2.10. The van der Waals surface area contributed by atoms with Crippen molar-refractivity contribution in [2.75, 3.05) is 0 Å². The lowest BCUT2D eigenvalue weighted by molar-refractivity contribution is 0.0983. The van der Waals surface area contributed by atoms with Crippen LogP contribution in [0.1, 0.15) is 34.4 Å². The first-order chi connectivity index (χ1) is 8.60. The van der Waals surface area contributed by atoms with Crippen molar-refractivity contribution in [2.24, 2.45) is 7.05 Å². The van der Waals surface area contributed by atoms with Crippen LogP contribution in [0.2, 0.25) is 0 Å². The van der Waals surface area contributed by atoms with Crippen LogP contribution in [0, 0.1) is 6.92 Å². The van der Waals surface area contributed by atoms with Crippen molar-refractivity contribution < 1.29 is 4.79 Å². The Hall–Kier alpha value is -1.97. The average Bonchev–Trinajstić information content (AvgIpc) is 2.69. The van der Waals surface area contributed by atoms with E-state index in [1.165, 1.54) is 5.56 Å². The van der Waals surface area contributed by atoms with Crippen molar-refractivity contribution in [1.29, 1.82) is 0 Å². The summed E-state index contributed by atoms with van der Waals surface area (Å²) in [5.41, 5.74) is 3.47. The van der Waals surface area contributed by atoms with E-state index in [9.17, 15) is 4.79 Å². The first-order valence-electron chi connectivity index (χ1n) is 6.07. The third-order valence-electron chi connectivity index (χ3n) is 2.92. The van der Waals surface area contributed by atoms with Crippen molar-refractivity contribution in [3.63, 3.8) is 0 Å². The van der Waals surface area contributed by atoms with Gasteiger partial charge in [-0.1, -0.05) is 13.0 Å². The van der Waals surface area contributed by atoms with Crippen LogP contribution in [0.25, 0.3) is 0 Å². The summed E-state index contributed by atoms with van der Waals surface area (Å²) >= 11 is 0. The molecule has 4 heteroatoms. The molecule has 0 saturated carbocycles. The van der Waals surface area contributed by atoms with Crippen LogP contribution in [0.3, 0.4) is 0 Å². The van der Waals surface area contributed by atoms with Crippen LogP contribution in [-0.2, 0) is 19.9 Å². The van der Waals surface area contributed by atoms with Crippen molar-refractivity contribution in [3.8, 4) is 0 Å². The first-order valence-corrected chi connectivity index (χ1v) is 6.07. The van der Waals surface area contributed by atoms with Gasteiger partial charge in [-0.2, -0.15) is 5.10 Å². The molecule has 0 atom stereocenters. The maximum Gasteiger partial charge on any atom is 0.186 e. The summed E-state index contributed by atoms with van der Waals surface area (Å²) in [6, 6.07) is 5.74. The molecule has 0 aromatic carbocycles. The maximum atomic E-state index is 12.1. The Bertz CT molecular complexity index is 555. The highest BCUT2D eigenvalue weighted by Gasteiger charge is 2.13. The Morgan fingerprint density at radius 3 is 2.67 bits per heavy atom. The normalized spacial score (nSPS) is 10.6. The minimum absolute atomic E-state index is 0.0508. The van der Waals surface area contributed by atoms with E-state index in [0.29, 0.717) is 12.1 Å². The second kappa shape index (κ2) is 5.12. The van der Waals surface area contributed by atoms with E-state index < -0.39 is 0 Å². The summed E-state index contributed by atoms with van der Waals surface area (Å²) in [5, 5.41) is 4.18. The molecule has 0 saturated heterocycles. The molecule has 0 fully saturated rings. The second-order valence-electron chi connectivity index (χ2n) is 4.41. The first kappa shape index (κ1) is 12.5. The number of carbonyl (C=O) groups is 1. The average molecular weight is 243 g/mol. The minimum Gasteiger partial charge on any atom is -0.292 e. The SMILES string of the molecule is CCc1ccc(CC(=O)c2cc(C)nn2C)nc1. The molecule has 2 aromatic heterocycles. The lowest BCUT2D eigenvalue weighted by Gasteiger charge is -2.02. The summed E-state index contributed by atoms with van der Waals surface area (Å²) in [4.78, 5) is 16.4. The lowest BCUT2D eigenvalue weighted by atomic mass is 10.1. The standard InChI is InChI=1S/C14H17N3O/c1-4-11-5-6-12(15-9-11)8-14(18)13-7-10(2)16-17(13)3/h5-7,9H,4,8H2,1-3H3. The number of ketones is 1. The molecule has 0 radical (unpaired) electrons. The number of carbonyl (C=O) groups excluding carboxylic acids is 1. The van der Waals surface area contributed by atoms with Gasteiger partial charge in [-0.05, 0) is 31.0 Å². The van der Waals surface area contributed by atoms with Gasteiger partial charge in [-0.3, -0.25) is 14.5 Å². The second-order valence-corrected chi connectivity index (χ2v) is 4.41. The van der Waals surface area contributed by atoms with Crippen LogP contribution < -0.4 is 0 Å². The van der Waals surface area contributed by atoms with E-state index in [4.69, 9.17) is 0 Å². The molecule has 4 nitrogen and oxygen atoms in total. The number of hydrogen-bond donors (Lipinski definition) is 0. The number of pyridine rings is 1. The molecule has 94 valence electrons. The van der Waals surface area contributed by atoms with Crippen molar-refractivity contribution in [1.82, 2.24) is 14.8 Å². The molecule has 0 aliphatic heterocycles. The zero-order valence-corrected chi connectivity index (χ0v) is 11.0. The molecular formula is C14H17N3O. The highest BCUT2D eigenvalue weighted by atomic mass is 16.1. The number of rotatable bonds is 4. The largest absolute Gasteiger partial charge is 0.292 e. The summed E-state index contributed by atoms with van der Waals surface area (Å²) < 4.78 is 1.62. The highest BCUT2D eigenvalue weighted by molar-refractivity contribution is 5.95. The number of aromatic nitrogens is 3. The fourth-order valence-corrected chi connectivity index (χ4v) is 1.90. The predicted molar refractivity (Wildman–Crippen MR) is 69.6 cm³/mol. The molecule has 0 unspecified atom stereocenters. The van der Waals surface area contributed by atoms with Crippen LogP contribution in [0.4, 0.5) is 0 Å². The van der Waals surface area contributed by atoms with Gasteiger partial charge in [0.1, 0.15) is 5.69 Å². The van der Waals surface area contributed by atoms with Gasteiger partial charge in [0.2, 0.25) is 0 Å². The molecule has 2 rings (SSSR count). The van der Waals surface area contributed by atoms with E-state index in [0.717, 1.165) is 17.8 Å². The molecule has 0 spiro atoms. The number of Topliss-reactive ketones (excluding diaryl/α,β-unsaturated/α-hetero) is 1. The number of nitrogens with zero attached hydrogens (tertiary/aromatic N) is 3. The van der Waals surface area contributed by atoms with Gasteiger partial charge >= 0.3 is 0 Å². The quantitative estimate of drug-likeness (QED) is 0.773. The number of aryl methyl sites for hydroxylation is 3. The van der Waals surface area contributed by atoms with E-state index >= 15 is 0 Å². The monoisotopic (exact) mass is 243 g/mol. The number of hydrogen-bond acceptors (Lipinski definition) is 3. The highest BCUT2D eigenvalue weighted by Crippen LogP contribution is 2.08. The molecule has 0 amide bonds. The molecule has 0 N–H and O–H groups in total. The van der Waals surface area contributed by atoms with Gasteiger partial charge in [0.25, 0.3) is 0 Å². The van der Waals surface area contributed by atoms with Gasteiger partial charge in [0, 0.05) is 18.9 Å². The summed E-state index contributed by atoms with van der Waals surface area (Å²) in [6.45, 7) is 3.96. The van der Waals surface area contributed by atoms with Gasteiger partial charge in [0.15, 0.2) is 5.78 Å². The smallest absolute Gasteiger partial charge is 0.186 e. The third-order valence-corrected chi connectivity index (χ3v) is 2.92. The zero-order valence-electron chi connectivity index (χ0n) is 11.0. The van der Waals surface area contributed by atoms with Crippen LogP contribution in [0.5, 0.6) is 0 Å². The van der Waals surface area contributed by atoms with Gasteiger partial charge < -0.3 is 0 Å². The molecular weight excluding hydrogens is 226 g/mol. The fraction of sp³-hybridized carbons (Fsp3) is 0.357. The Balaban J connectivity index is 2.13. The van der Waals surface area contributed by atoms with E-state index in [1.807, 2.05) is 31.3 Å². The van der Waals surface area contributed by atoms with Crippen molar-refractivity contribution in [3.05, 3.63) is 47.0 Å². The topological polar surface area (TPSA) is 47.8 Å². The van der Waals surface area contributed by atoms with Crippen molar-refractivity contribution >= 4 is 5.78 Å². The summed E-state index contributed by atoms with van der Waals surface area (Å²) in [5.74, 6) is 0.0508. The molecule has 0 bridgehead atoms. The van der Waals surface area contributed by atoms with Crippen molar-refractivity contribution in [2.45, 2.75) is 26.7 Å². The summed E-state index contributed by atoms with van der Waals surface area (Å²) in [6.07, 6.45) is 3.11. The molecule has 0 aliphatic rings. The van der Waals surface area contributed by atoms with Gasteiger partial charge in [-0.25, -0.2) is 0 Å². The zero-order chi connectivity index (χ0) is 13.1. The van der Waals surface area contributed by atoms with Crippen LogP contribution in [0.15, 0.2) is 24.4 Å². The Kier molecular flexibility index (Phi) is 3.55. The third kappa shape index (κ3) is 2.64. The Morgan fingerprint density at radius 2 is 2.17 bits per heavy atom. The van der Waals surface area contributed by atoms with Gasteiger partial charge in [-0.15, -0.1) is 0 Å². The summed E-state index contributed by atoms with van der Waals surface area (Å²) in [7, 11) is 1.79. The molecule has 2 aromatic rings. The van der Waals surface area contributed by atoms with E-state index in [-0.39, 0.29) is 5.78 Å². The van der Waals surface area contributed by atoms with Gasteiger partial charge in [0.05, 0.1) is 12.1 Å². The minimum atomic E-state index is 0.0508. The Labute approximate surface area is 107 Å². The maximum absolute atomic E-state index is 12.1.